The van der Waals surface area contributed by atoms with Crippen molar-refractivity contribution in [2.75, 3.05) is 5.75 Å². The molecule has 1 unspecified atom stereocenters. The number of hydrogen-bond donors (Lipinski definition) is 1. The summed E-state index contributed by atoms with van der Waals surface area (Å²) in [6.07, 6.45) is -54.8. The largest absolute Gasteiger partial charge is 0.508 e. The van der Waals surface area contributed by atoms with Crippen LogP contribution in [-0.4, -0.2) is 22.8 Å². The fourth-order valence-corrected chi connectivity index (χ4v) is 10.7. The highest BCUT2D eigenvalue weighted by Gasteiger charge is 2.47. The summed E-state index contributed by atoms with van der Waals surface area (Å²) in [5.74, 6) is 1.45. The van der Waals surface area contributed by atoms with Gasteiger partial charge in [0, 0.05) is 22.0 Å². The third kappa shape index (κ3) is 15.5. The highest BCUT2D eigenvalue weighted by atomic mass is 32.2. The number of halogens is 24. The lowest BCUT2D eigenvalue weighted by molar-refractivity contribution is -0.144. The second-order valence-electron chi connectivity index (χ2n) is 18.1. The van der Waals surface area contributed by atoms with Crippen LogP contribution in [0.2, 0.25) is 0 Å². The second kappa shape index (κ2) is 23.1. The lowest BCUT2D eigenvalue weighted by atomic mass is 9.12. The quantitative estimate of drug-likeness (QED) is 0.0642. The Bertz CT molecular complexity index is 3060. The molecule has 0 fully saturated rings. The number of nitrogens with zero attached hydrogens (tertiary/aromatic N) is 1. The Balaban J connectivity index is 0.000000352. The van der Waals surface area contributed by atoms with Crippen LogP contribution in [0.1, 0.15) is 66.0 Å². The van der Waals surface area contributed by atoms with Gasteiger partial charge in [0.15, 0.2) is 10.6 Å². The predicted molar refractivity (Wildman–Crippen MR) is 254 cm³/mol. The van der Waals surface area contributed by atoms with Gasteiger partial charge in [0.2, 0.25) is 5.78 Å². The average Bonchev–Trinajstić information content (AvgIpc) is 3.08. The molecule has 0 bridgehead atoms. The minimum atomic E-state index is -6.13. The maximum absolute atomic E-state index is 14.2. The molecule has 0 aliphatic rings. The van der Waals surface area contributed by atoms with Crippen LogP contribution in [0.3, 0.4) is 0 Å². The van der Waals surface area contributed by atoms with E-state index < -0.39 is 195 Å². The van der Waals surface area contributed by atoms with Crippen molar-refractivity contribution in [1.29, 1.82) is 5.26 Å². The Labute approximate surface area is 454 Å². The molecule has 7 aromatic carbocycles. The number of carbonyl (C=O) groups is 1. The topological polar surface area (TPSA) is 61.1 Å². The van der Waals surface area contributed by atoms with E-state index in [1.54, 1.807) is 24.3 Å². The lowest BCUT2D eigenvalue weighted by Gasteiger charge is -2.46. The number of Topliss-reactive ketones (excluding diaryl/α,β-unsaturated/α-hetero) is 1. The zero-order valence-corrected chi connectivity index (χ0v) is 41.5. The lowest BCUT2D eigenvalue weighted by Crippen LogP contribution is -2.75. The molecule has 0 aromatic heterocycles. The Kier molecular flexibility index (Phi) is 17.9. The van der Waals surface area contributed by atoms with Crippen molar-refractivity contribution in [2.45, 2.75) is 60.1 Å². The third-order valence-electron chi connectivity index (χ3n) is 12.4. The van der Waals surface area contributed by atoms with Crippen molar-refractivity contribution < 1.29 is 115 Å². The van der Waals surface area contributed by atoms with Crippen molar-refractivity contribution >= 4 is 44.7 Å². The molecular formula is C54H30BF24NO2S. The molecule has 29 heteroatoms. The molecule has 7 aromatic rings. The van der Waals surface area contributed by atoms with Crippen LogP contribution < -0.4 is 21.9 Å². The Hall–Kier alpha value is -7.77. The summed E-state index contributed by atoms with van der Waals surface area (Å²) >= 11 is 0. The molecule has 83 heavy (non-hydrogen) atoms. The van der Waals surface area contributed by atoms with Gasteiger partial charge in [-0.1, -0.05) is 91.0 Å². The zero-order chi connectivity index (χ0) is 62.3. The van der Waals surface area contributed by atoms with Gasteiger partial charge in [-0.15, -0.1) is 0 Å². The first kappa shape index (κ1) is 64.4. The fraction of sp³-hybridized carbons (Fsp3) is 0.185. The molecule has 0 saturated carbocycles. The highest BCUT2D eigenvalue weighted by Crippen LogP contribution is 2.42. The number of carbonyl (C=O) groups excluding carboxylic acids is 1. The first-order valence-electron chi connectivity index (χ1n) is 22.8. The van der Waals surface area contributed by atoms with E-state index in [4.69, 9.17) is 5.26 Å². The monoisotopic (exact) mass is 1220 g/mol. The molecule has 0 spiro atoms. The van der Waals surface area contributed by atoms with Crippen LogP contribution >= 0.6 is 0 Å². The van der Waals surface area contributed by atoms with E-state index >= 15 is 0 Å². The van der Waals surface area contributed by atoms with E-state index in [0.29, 0.717) is 16.9 Å². The van der Waals surface area contributed by atoms with Crippen molar-refractivity contribution in [2.24, 2.45) is 0 Å². The average molecular weight is 1220 g/mol. The van der Waals surface area contributed by atoms with Gasteiger partial charge in [0.05, 0.1) is 56.1 Å². The number of alkyl halides is 24. The smallest absolute Gasteiger partial charge is 0.416 e. The molecule has 0 radical (unpaired) electrons. The third-order valence-corrected chi connectivity index (χ3v) is 14.7. The summed E-state index contributed by atoms with van der Waals surface area (Å²) in [5, 5.41) is 18.5. The number of ketones is 1. The summed E-state index contributed by atoms with van der Waals surface area (Å²) in [4.78, 5) is 13.7. The van der Waals surface area contributed by atoms with Gasteiger partial charge in [0.25, 0.3) is 0 Å². The van der Waals surface area contributed by atoms with Crippen molar-refractivity contribution in [3.05, 3.63) is 213 Å². The Morgan fingerprint density at radius 1 is 0.398 bits per heavy atom. The van der Waals surface area contributed by atoms with Crippen molar-refractivity contribution in [1.82, 2.24) is 0 Å². The summed E-state index contributed by atoms with van der Waals surface area (Å²) in [6, 6.07) is 17.1. The summed E-state index contributed by atoms with van der Waals surface area (Å²) < 4.78 is 341. The number of phenolic OH excluding ortho intramolecular Hbond substituents is 1. The van der Waals surface area contributed by atoms with Crippen LogP contribution in [0.5, 0.6) is 5.75 Å². The molecule has 0 amide bonds. The first-order valence-corrected chi connectivity index (χ1v) is 24.4. The van der Waals surface area contributed by atoms with Gasteiger partial charge in [0.1, 0.15) is 17.6 Å². The standard InChI is InChI=1S/C32H12BF24.C22H17NO2S/c34-25(35,36)13-1-14(26(37,38)39)6-21(5-13)33(22-7-15(27(40,41)42)2-16(8-22)28(43,44)45,23-9-17(29(46,47)48)3-18(10-23)30(49,50)51)24-11-19(31(52,53)54)4-20(12-24)32(55,56)57;23-14-17-6-8-18(9-7-17)15-26(21-12-10-20(24)11-13-21)16-22(25)19-4-2-1-3-5-19/h1-12H;1-13H,15-16H2/q-1;/p+1. The number of rotatable bonds is 10. The van der Waals surface area contributed by atoms with Crippen LogP contribution in [-0.2, 0) is 66.1 Å². The maximum Gasteiger partial charge on any atom is 0.416 e. The minimum Gasteiger partial charge on any atom is -0.508 e. The van der Waals surface area contributed by atoms with E-state index in [9.17, 15) is 115 Å². The molecule has 0 aliphatic carbocycles. The molecule has 0 heterocycles. The Morgan fingerprint density at radius 3 is 0.928 bits per heavy atom. The number of aromatic hydroxyl groups is 1. The second-order valence-corrected chi connectivity index (χ2v) is 20.1. The van der Waals surface area contributed by atoms with Crippen molar-refractivity contribution in [3.8, 4) is 11.8 Å². The van der Waals surface area contributed by atoms with E-state index in [1.807, 2.05) is 54.6 Å². The zero-order valence-electron chi connectivity index (χ0n) is 40.7. The number of hydrogen-bond acceptors (Lipinski definition) is 3. The summed E-state index contributed by atoms with van der Waals surface area (Å²) in [5.41, 5.74) is -27.8. The summed E-state index contributed by atoms with van der Waals surface area (Å²) in [7, 11) is -0.330. The normalized spacial score (nSPS) is 13.4. The molecule has 1 atom stereocenters. The molecule has 440 valence electrons. The summed E-state index contributed by atoms with van der Waals surface area (Å²) in [6.45, 7) is 0. The molecule has 1 N–H and O–H groups in total. The van der Waals surface area contributed by atoms with E-state index in [-0.39, 0.29) is 22.4 Å². The molecule has 3 nitrogen and oxygen atoms in total. The van der Waals surface area contributed by atoms with Gasteiger partial charge < -0.3 is 5.11 Å². The SMILES string of the molecule is FC(F)(F)c1cc([B-](c2cc(C(F)(F)F)cc(C(F)(F)F)c2)(c2cc(C(F)(F)F)cc(C(F)(F)F)c2)c2cc(C(F)(F)F)cc(C(F)(F)F)c2)cc(C(F)(F)F)c1.N#Cc1ccc(C[S+](CC(=O)c2ccccc2)c2ccc(O)cc2)cc1. The first-order chi connectivity index (χ1) is 37.9. The van der Waals surface area contributed by atoms with Gasteiger partial charge in [-0.3, -0.25) is 4.79 Å². The van der Waals surface area contributed by atoms with Crippen LogP contribution in [0.15, 0.2) is 157 Å². The molecule has 0 aliphatic heterocycles. The maximum atomic E-state index is 14.2. The van der Waals surface area contributed by atoms with Crippen molar-refractivity contribution in [3.63, 3.8) is 0 Å². The molecule has 7 rings (SSSR count). The van der Waals surface area contributed by atoms with Crippen LogP contribution in [0.4, 0.5) is 105 Å². The number of nitriles is 1. The predicted octanol–water partition coefficient (Wildman–Crippen LogP) is 15.5. The van der Waals surface area contributed by atoms with Crippen LogP contribution in [0.25, 0.3) is 0 Å². The molecular weight excluding hydrogens is 1190 g/mol. The van der Waals surface area contributed by atoms with Crippen LogP contribution in [0, 0.1) is 11.3 Å². The molecule has 0 saturated heterocycles. The Morgan fingerprint density at radius 2 is 0.675 bits per heavy atom. The number of benzene rings is 7. The van der Waals surface area contributed by atoms with Gasteiger partial charge >= 0.3 is 49.4 Å². The van der Waals surface area contributed by atoms with E-state index in [0.717, 1.165) is 16.2 Å². The van der Waals surface area contributed by atoms with E-state index in [1.165, 1.54) is 0 Å². The van der Waals surface area contributed by atoms with Gasteiger partial charge in [-0.05, 0) is 60.7 Å². The van der Waals surface area contributed by atoms with Gasteiger partial charge in [-0.25, -0.2) is 0 Å². The van der Waals surface area contributed by atoms with E-state index in [2.05, 4.69) is 6.07 Å². The fourth-order valence-electron chi connectivity index (χ4n) is 8.67. The number of phenols is 1. The minimum absolute atomic E-state index is 0.107. The van der Waals surface area contributed by atoms with Gasteiger partial charge in [-0.2, -0.15) is 132 Å². The highest BCUT2D eigenvalue weighted by molar-refractivity contribution is 7.96.